The normalized spacial score (nSPS) is 12.8. The standard InChI is InChI=1S/C23H20F6N4O2S4/c1-39(34,35)9-4-2-3-7-33-19(18-6-5-8-36-18)31-32-20(33)38-21-30-17(13-37-21)14-10-15(22(24,25)26)12-16(11-14)23(27,28)29/h5-6,8,10-13H,2-4,7,9H2,1H3. The van der Waals surface area contributed by atoms with Crippen LogP contribution in [0.3, 0.4) is 0 Å². The largest absolute Gasteiger partial charge is 0.416 e. The van der Waals surface area contributed by atoms with E-state index >= 15 is 0 Å². The number of aromatic nitrogens is 4. The molecule has 0 N–H and O–H groups in total. The highest BCUT2D eigenvalue weighted by Gasteiger charge is 2.37. The zero-order valence-electron chi connectivity index (χ0n) is 20.1. The lowest BCUT2D eigenvalue weighted by Crippen LogP contribution is -2.11. The van der Waals surface area contributed by atoms with E-state index in [0.717, 1.165) is 28.0 Å². The number of benzene rings is 1. The molecule has 16 heteroatoms. The number of halogens is 6. The van der Waals surface area contributed by atoms with Crippen LogP contribution in [0.5, 0.6) is 0 Å². The number of nitrogens with zero attached hydrogens (tertiary/aromatic N) is 4. The molecule has 0 spiro atoms. The van der Waals surface area contributed by atoms with E-state index in [1.165, 1.54) is 23.0 Å². The van der Waals surface area contributed by atoms with Crippen LogP contribution in [0.25, 0.3) is 22.0 Å². The van der Waals surface area contributed by atoms with Crippen molar-refractivity contribution < 1.29 is 34.8 Å². The molecule has 0 saturated carbocycles. The molecule has 39 heavy (non-hydrogen) atoms. The molecule has 210 valence electrons. The average Bonchev–Trinajstić information content (AvgIpc) is 3.58. The Morgan fingerprint density at radius 1 is 0.949 bits per heavy atom. The molecule has 3 heterocycles. The zero-order valence-corrected chi connectivity index (χ0v) is 23.3. The van der Waals surface area contributed by atoms with E-state index in [1.807, 2.05) is 22.1 Å². The summed E-state index contributed by atoms with van der Waals surface area (Å²) in [7, 11) is -3.06. The van der Waals surface area contributed by atoms with Gasteiger partial charge in [-0.3, -0.25) is 0 Å². The van der Waals surface area contributed by atoms with Crippen molar-refractivity contribution in [3.8, 4) is 22.0 Å². The molecule has 0 aliphatic rings. The van der Waals surface area contributed by atoms with Crippen molar-refractivity contribution in [1.82, 2.24) is 19.7 Å². The Bertz CT molecular complexity index is 1490. The van der Waals surface area contributed by atoms with E-state index < -0.39 is 33.3 Å². The third kappa shape index (κ3) is 7.83. The molecule has 4 rings (SSSR count). The number of unbranched alkanes of at least 4 members (excludes halogenated alkanes) is 2. The molecular weight excluding hydrogens is 607 g/mol. The van der Waals surface area contributed by atoms with Gasteiger partial charge in [-0.1, -0.05) is 12.5 Å². The van der Waals surface area contributed by atoms with Gasteiger partial charge in [0, 0.05) is 29.5 Å². The fourth-order valence-corrected chi connectivity index (χ4v) is 6.81. The van der Waals surface area contributed by atoms with E-state index in [-0.39, 0.29) is 23.1 Å². The van der Waals surface area contributed by atoms with Crippen LogP contribution < -0.4 is 0 Å². The number of alkyl halides is 6. The van der Waals surface area contributed by atoms with E-state index in [2.05, 4.69) is 15.2 Å². The highest BCUT2D eigenvalue weighted by molar-refractivity contribution is 8.00. The number of rotatable bonds is 10. The molecule has 0 aliphatic carbocycles. The lowest BCUT2D eigenvalue weighted by Gasteiger charge is -2.13. The summed E-state index contributed by atoms with van der Waals surface area (Å²) in [6.45, 7) is 0.479. The van der Waals surface area contributed by atoms with Crippen molar-refractivity contribution in [2.24, 2.45) is 0 Å². The summed E-state index contributed by atoms with van der Waals surface area (Å²) in [5, 5.41) is 12.2. The lowest BCUT2D eigenvalue weighted by molar-refractivity contribution is -0.143. The Kier molecular flexibility index (Phi) is 8.78. The highest BCUT2D eigenvalue weighted by atomic mass is 32.2. The molecule has 0 atom stereocenters. The molecule has 0 bridgehead atoms. The first kappa shape index (κ1) is 29.6. The molecule has 0 radical (unpaired) electrons. The second-order valence-corrected chi connectivity index (χ2v) is 13.8. The van der Waals surface area contributed by atoms with E-state index in [1.54, 1.807) is 0 Å². The molecule has 0 saturated heterocycles. The van der Waals surface area contributed by atoms with Crippen LogP contribution in [0, 0.1) is 0 Å². The molecule has 3 aromatic heterocycles. The molecule has 1 aromatic carbocycles. The summed E-state index contributed by atoms with van der Waals surface area (Å²) < 4.78 is 105. The fourth-order valence-electron chi connectivity index (χ4n) is 3.58. The molecule has 0 fully saturated rings. The Morgan fingerprint density at radius 2 is 1.64 bits per heavy atom. The van der Waals surface area contributed by atoms with Crippen LogP contribution in [-0.2, 0) is 28.7 Å². The second kappa shape index (κ2) is 11.6. The van der Waals surface area contributed by atoms with Crippen molar-refractivity contribution in [3.63, 3.8) is 0 Å². The summed E-state index contributed by atoms with van der Waals surface area (Å²) in [6.07, 6.45) is -6.93. The quantitative estimate of drug-likeness (QED) is 0.134. The average molecular weight is 627 g/mol. The second-order valence-electron chi connectivity index (χ2n) is 8.52. The maximum Gasteiger partial charge on any atom is 0.416 e. The summed E-state index contributed by atoms with van der Waals surface area (Å²) in [5.41, 5.74) is -3.15. The summed E-state index contributed by atoms with van der Waals surface area (Å²) in [6, 6.07) is 5.10. The van der Waals surface area contributed by atoms with Crippen molar-refractivity contribution >= 4 is 44.3 Å². The van der Waals surface area contributed by atoms with Gasteiger partial charge < -0.3 is 4.57 Å². The first-order chi connectivity index (χ1) is 18.2. The van der Waals surface area contributed by atoms with Gasteiger partial charge in [-0.2, -0.15) is 26.3 Å². The van der Waals surface area contributed by atoms with Gasteiger partial charge in [-0.25, -0.2) is 13.4 Å². The first-order valence-corrected chi connectivity index (χ1v) is 15.9. The SMILES string of the molecule is CS(=O)(=O)CCCCCn1c(Sc2nc(-c3cc(C(F)(F)F)cc(C(F)(F)F)c3)cs2)nnc1-c1cccs1. The number of thiazole rings is 1. The zero-order chi connectivity index (χ0) is 28.4. The van der Waals surface area contributed by atoms with E-state index in [9.17, 15) is 34.8 Å². The Labute approximate surface area is 232 Å². The number of hydrogen-bond donors (Lipinski definition) is 0. The maximum absolute atomic E-state index is 13.3. The minimum atomic E-state index is -4.96. The topological polar surface area (TPSA) is 77.7 Å². The molecule has 6 nitrogen and oxygen atoms in total. The highest BCUT2D eigenvalue weighted by Crippen LogP contribution is 2.40. The molecular formula is C23H20F6N4O2S4. The molecule has 4 aromatic rings. The van der Waals surface area contributed by atoms with Gasteiger partial charge in [0.05, 0.1) is 21.7 Å². The fraction of sp³-hybridized carbons (Fsp3) is 0.348. The van der Waals surface area contributed by atoms with Crippen molar-refractivity contribution in [2.45, 2.75) is 47.7 Å². The monoisotopic (exact) mass is 626 g/mol. The third-order valence-electron chi connectivity index (χ3n) is 5.40. The Balaban J connectivity index is 1.59. The predicted molar refractivity (Wildman–Crippen MR) is 139 cm³/mol. The van der Waals surface area contributed by atoms with Crippen LogP contribution in [0.15, 0.2) is 50.6 Å². The lowest BCUT2D eigenvalue weighted by atomic mass is 10.0. The van der Waals surface area contributed by atoms with Crippen LogP contribution >= 0.6 is 34.4 Å². The summed E-state index contributed by atoms with van der Waals surface area (Å²) in [5.74, 6) is 0.683. The minimum Gasteiger partial charge on any atom is -0.301 e. The van der Waals surface area contributed by atoms with Gasteiger partial charge in [0.15, 0.2) is 15.3 Å². The smallest absolute Gasteiger partial charge is 0.301 e. The first-order valence-electron chi connectivity index (χ1n) is 11.3. The number of sulfone groups is 1. The van der Waals surface area contributed by atoms with Gasteiger partial charge in [0.1, 0.15) is 9.84 Å². The van der Waals surface area contributed by atoms with Gasteiger partial charge in [-0.15, -0.1) is 32.9 Å². The molecule has 0 aliphatic heterocycles. The minimum absolute atomic E-state index is 0.0237. The van der Waals surface area contributed by atoms with Crippen molar-refractivity contribution in [2.75, 3.05) is 12.0 Å². The van der Waals surface area contributed by atoms with E-state index in [0.29, 0.717) is 53.3 Å². The third-order valence-corrected chi connectivity index (χ3v) is 9.22. The van der Waals surface area contributed by atoms with Crippen LogP contribution in [0.1, 0.15) is 30.4 Å². The Hall–Kier alpha value is -2.43. The summed E-state index contributed by atoms with van der Waals surface area (Å²) >= 11 is 3.61. The van der Waals surface area contributed by atoms with Gasteiger partial charge in [0.25, 0.3) is 0 Å². The van der Waals surface area contributed by atoms with E-state index in [4.69, 9.17) is 0 Å². The van der Waals surface area contributed by atoms with Gasteiger partial charge in [0.2, 0.25) is 0 Å². The van der Waals surface area contributed by atoms with Crippen molar-refractivity contribution in [1.29, 1.82) is 0 Å². The van der Waals surface area contributed by atoms with Gasteiger partial charge in [-0.05, 0) is 54.2 Å². The van der Waals surface area contributed by atoms with Gasteiger partial charge >= 0.3 is 12.4 Å². The number of hydrogen-bond acceptors (Lipinski definition) is 8. The van der Waals surface area contributed by atoms with Crippen LogP contribution in [0.4, 0.5) is 26.3 Å². The predicted octanol–water partition coefficient (Wildman–Crippen LogP) is 7.53. The van der Waals surface area contributed by atoms with Crippen LogP contribution in [0.2, 0.25) is 0 Å². The maximum atomic E-state index is 13.3. The number of thiophene rings is 1. The summed E-state index contributed by atoms with van der Waals surface area (Å²) in [4.78, 5) is 5.13. The molecule has 0 unspecified atom stereocenters. The van der Waals surface area contributed by atoms with Crippen LogP contribution in [-0.4, -0.2) is 40.2 Å². The van der Waals surface area contributed by atoms with Crippen molar-refractivity contribution in [3.05, 3.63) is 52.2 Å². The Morgan fingerprint density at radius 3 is 2.23 bits per heavy atom. The molecule has 0 amide bonds.